The SMILES string of the molecule is CCC1CCCC(NCc2cc(C)n(CC)c2C)C1. The zero-order valence-electron chi connectivity index (χ0n) is 13.1. The topological polar surface area (TPSA) is 17.0 Å². The molecule has 1 N–H and O–H groups in total. The van der Waals surface area contributed by atoms with Crippen molar-refractivity contribution >= 4 is 0 Å². The van der Waals surface area contributed by atoms with Gasteiger partial charge in [0.05, 0.1) is 0 Å². The van der Waals surface area contributed by atoms with Crippen molar-refractivity contribution in [1.29, 1.82) is 0 Å². The summed E-state index contributed by atoms with van der Waals surface area (Å²) in [5.74, 6) is 0.953. The number of nitrogens with zero attached hydrogens (tertiary/aromatic N) is 1. The quantitative estimate of drug-likeness (QED) is 0.842. The van der Waals surface area contributed by atoms with Gasteiger partial charge in [-0.2, -0.15) is 0 Å². The lowest BCUT2D eigenvalue weighted by Crippen LogP contribution is -2.33. The molecule has 2 heteroatoms. The van der Waals surface area contributed by atoms with E-state index in [1.165, 1.54) is 49.1 Å². The molecule has 0 radical (unpaired) electrons. The van der Waals surface area contributed by atoms with Crippen LogP contribution in [0.25, 0.3) is 0 Å². The summed E-state index contributed by atoms with van der Waals surface area (Å²) < 4.78 is 2.41. The second-order valence-electron chi connectivity index (χ2n) is 6.16. The molecule has 0 aromatic carbocycles. The first-order valence-electron chi connectivity index (χ1n) is 8.04. The predicted molar refractivity (Wildman–Crippen MR) is 82.5 cm³/mol. The number of aromatic nitrogens is 1. The van der Waals surface area contributed by atoms with Crippen LogP contribution in [0.3, 0.4) is 0 Å². The highest BCUT2D eigenvalue weighted by Gasteiger charge is 2.20. The summed E-state index contributed by atoms with van der Waals surface area (Å²) in [4.78, 5) is 0. The number of nitrogens with one attached hydrogen (secondary N) is 1. The Morgan fingerprint density at radius 3 is 2.68 bits per heavy atom. The molecule has 0 bridgehead atoms. The molecule has 0 saturated heterocycles. The summed E-state index contributed by atoms with van der Waals surface area (Å²) in [6.45, 7) is 11.2. The summed E-state index contributed by atoms with van der Waals surface area (Å²) in [6.07, 6.45) is 6.94. The third-order valence-corrected chi connectivity index (χ3v) is 4.94. The lowest BCUT2D eigenvalue weighted by atomic mass is 9.84. The number of hydrogen-bond donors (Lipinski definition) is 1. The van der Waals surface area contributed by atoms with E-state index in [9.17, 15) is 0 Å². The van der Waals surface area contributed by atoms with Gasteiger partial charge in [-0.25, -0.2) is 0 Å². The van der Waals surface area contributed by atoms with Gasteiger partial charge in [0.25, 0.3) is 0 Å². The molecule has 1 saturated carbocycles. The monoisotopic (exact) mass is 262 g/mol. The first-order valence-corrected chi connectivity index (χ1v) is 8.04. The molecule has 1 aliphatic carbocycles. The molecule has 1 aliphatic rings. The Morgan fingerprint density at radius 1 is 1.26 bits per heavy atom. The lowest BCUT2D eigenvalue weighted by molar-refractivity contribution is 0.278. The van der Waals surface area contributed by atoms with Crippen LogP contribution in [0.2, 0.25) is 0 Å². The third kappa shape index (κ3) is 3.42. The fraction of sp³-hybridized carbons (Fsp3) is 0.765. The fourth-order valence-electron chi connectivity index (χ4n) is 3.64. The predicted octanol–water partition coefficient (Wildman–Crippen LogP) is 4.18. The zero-order chi connectivity index (χ0) is 13.8. The van der Waals surface area contributed by atoms with Gasteiger partial charge in [0, 0.05) is 30.5 Å². The van der Waals surface area contributed by atoms with E-state index in [-0.39, 0.29) is 0 Å². The summed E-state index contributed by atoms with van der Waals surface area (Å²) >= 11 is 0. The Labute approximate surface area is 118 Å². The maximum atomic E-state index is 3.79. The van der Waals surface area contributed by atoms with Crippen LogP contribution < -0.4 is 5.32 Å². The Kier molecular flexibility index (Phi) is 5.09. The van der Waals surface area contributed by atoms with E-state index in [2.05, 4.69) is 43.6 Å². The van der Waals surface area contributed by atoms with Crippen LogP contribution in [0.4, 0.5) is 0 Å². The van der Waals surface area contributed by atoms with Crippen molar-refractivity contribution in [3.63, 3.8) is 0 Å². The van der Waals surface area contributed by atoms with Crippen LogP contribution >= 0.6 is 0 Å². The van der Waals surface area contributed by atoms with Crippen LogP contribution in [0.1, 0.15) is 62.9 Å². The molecule has 0 aliphatic heterocycles. The molecule has 2 unspecified atom stereocenters. The Balaban J connectivity index is 1.91. The van der Waals surface area contributed by atoms with E-state index >= 15 is 0 Å². The third-order valence-electron chi connectivity index (χ3n) is 4.94. The second-order valence-corrected chi connectivity index (χ2v) is 6.16. The van der Waals surface area contributed by atoms with E-state index in [1.807, 2.05) is 0 Å². The second kappa shape index (κ2) is 6.60. The number of aryl methyl sites for hydroxylation is 1. The van der Waals surface area contributed by atoms with Gasteiger partial charge in [-0.3, -0.25) is 0 Å². The van der Waals surface area contributed by atoms with Crippen LogP contribution in [0.5, 0.6) is 0 Å². The van der Waals surface area contributed by atoms with E-state index in [4.69, 9.17) is 0 Å². The summed E-state index contributed by atoms with van der Waals surface area (Å²) in [5, 5.41) is 3.79. The minimum atomic E-state index is 0.739. The zero-order valence-corrected chi connectivity index (χ0v) is 13.1. The van der Waals surface area contributed by atoms with E-state index in [0.717, 1.165) is 25.0 Å². The van der Waals surface area contributed by atoms with Gasteiger partial charge in [-0.1, -0.05) is 26.2 Å². The minimum Gasteiger partial charge on any atom is -0.349 e. The van der Waals surface area contributed by atoms with Crippen LogP contribution in [0.15, 0.2) is 6.07 Å². The van der Waals surface area contributed by atoms with Crippen molar-refractivity contribution in [1.82, 2.24) is 9.88 Å². The molecule has 1 fully saturated rings. The smallest absolute Gasteiger partial charge is 0.0225 e. The average Bonchev–Trinajstić information content (AvgIpc) is 2.71. The Hall–Kier alpha value is -0.760. The fourth-order valence-corrected chi connectivity index (χ4v) is 3.64. The molecule has 2 rings (SSSR count). The van der Waals surface area contributed by atoms with Gasteiger partial charge in [-0.15, -0.1) is 0 Å². The Bertz CT molecular complexity index is 406. The highest BCUT2D eigenvalue weighted by Crippen LogP contribution is 2.27. The van der Waals surface area contributed by atoms with Gasteiger partial charge < -0.3 is 9.88 Å². The molecule has 1 heterocycles. The van der Waals surface area contributed by atoms with Crippen LogP contribution in [-0.4, -0.2) is 10.6 Å². The van der Waals surface area contributed by atoms with Gasteiger partial charge in [0.2, 0.25) is 0 Å². The molecular weight excluding hydrogens is 232 g/mol. The molecule has 2 nitrogen and oxygen atoms in total. The lowest BCUT2D eigenvalue weighted by Gasteiger charge is -2.29. The van der Waals surface area contributed by atoms with Crippen molar-refractivity contribution in [2.75, 3.05) is 0 Å². The van der Waals surface area contributed by atoms with Crippen molar-refractivity contribution in [3.05, 3.63) is 23.0 Å². The van der Waals surface area contributed by atoms with Gasteiger partial charge in [0.15, 0.2) is 0 Å². The highest BCUT2D eigenvalue weighted by molar-refractivity contribution is 5.26. The molecule has 1 aromatic rings. The normalized spacial score (nSPS) is 23.8. The molecule has 0 amide bonds. The molecule has 19 heavy (non-hydrogen) atoms. The Morgan fingerprint density at radius 2 is 2.05 bits per heavy atom. The standard InChI is InChI=1S/C17H30N2/c1-5-15-8-7-9-17(11-15)18-12-16-10-13(3)19(6-2)14(16)4/h10,15,17-18H,5-9,11-12H2,1-4H3. The van der Waals surface area contributed by atoms with E-state index < -0.39 is 0 Å². The molecule has 2 atom stereocenters. The molecular formula is C17H30N2. The maximum Gasteiger partial charge on any atom is 0.0225 e. The molecule has 108 valence electrons. The summed E-state index contributed by atoms with van der Waals surface area (Å²) in [6, 6.07) is 3.09. The first-order chi connectivity index (χ1) is 9.15. The largest absolute Gasteiger partial charge is 0.349 e. The van der Waals surface area contributed by atoms with E-state index in [1.54, 1.807) is 0 Å². The van der Waals surface area contributed by atoms with Crippen LogP contribution in [0, 0.1) is 19.8 Å². The average molecular weight is 262 g/mol. The van der Waals surface area contributed by atoms with Crippen LogP contribution in [-0.2, 0) is 13.1 Å². The minimum absolute atomic E-state index is 0.739. The highest BCUT2D eigenvalue weighted by atomic mass is 15.0. The number of hydrogen-bond acceptors (Lipinski definition) is 1. The first kappa shape index (κ1) is 14.6. The molecule has 0 spiro atoms. The van der Waals surface area contributed by atoms with Gasteiger partial charge in [0.1, 0.15) is 0 Å². The van der Waals surface area contributed by atoms with Crippen molar-refractivity contribution in [2.45, 2.75) is 78.9 Å². The van der Waals surface area contributed by atoms with Crippen molar-refractivity contribution < 1.29 is 0 Å². The van der Waals surface area contributed by atoms with Gasteiger partial charge >= 0.3 is 0 Å². The van der Waals surface area contributed by atoms with Gasteiger partial charge in [-0.05, 0) is 51.2 Å². The summed E-state index contributed by atoms with van der Waals surface area (Å²) in [7, 11) is 0. The number of rotatable bonds is 5. The molecule has 1 aromatic heterocycles. The van der Waals surface area contributed by atoms with Crippen molar-refractivity contribution in [2.24, 2.45) is 5.92 Å². The van der Waals surface area contributed by atoms with E-state index in [0.29, 0.717) is 0 Å². The summed E-state index contributed by atoms with van der Waals surface area (Å²) in [5.41, 5.74) is 4.32. The maximum absolute atomic E-state index is 3.79. The van der Waals surface area contributed by atoms with Crippen molar-refractivity contribution in [3.8, 4) is 0 Å².